The molecule has 0 aliphatic carbocycles. The molecule has 2 rings (SSSR count). The van der Waals surface area contributed by atoms with Gasteiger partial charge in [-0.15, -0.1) is 0 Å². The number of amides is 1. The molecule has 1 aliphatic heterocycles. The first-order chi connectivity index (χ1) is 9.20. The predicted molar refractivity (Wildman–Crippen MR) is 79.3 cm³/mol. The first-order valence-corrected chi connectivity index (χ1v) is 7.66. The van der Waals surface area contributed by atoms with Crippen molar-refractivity contribution in [3.05, 3.63) is 34.3 Å². The highest BCUT2D eigenvalue weighted by Crippen LogP contribution is 2.17. The largest absolute Gasteiger partial charge is 0.376 e. The minimum Gasteiger partial charge on any atom is -0.376 e. The number of carbonyl (C=O) groups excluding carboxylic acids is 1. The molecule has 0 saturated carbocycles. The molecule has 1 amide bonds. The molecule has 1 heterocycles. The molecular weight excluding hydrogens is 306 g/mol. The van der Waals surface area contributed by atoms with Crippen molar-refractivity contribution < 1.29 is 9.53 Å². The molecule has 104 valence electrons. The number of halogens is 1. The Morgan fingerprint density at radius 1 is 1.42 bits per heavy atom. The molecule has 19 heavy (non-hydrogen) atoms. The summed E-state index contributed by atoms with van der Waals surface area (Å²) in [5.41, 5.74) is 0.749. The summed E-state index contributed by atoms with van der Waals surface area (Å²) in [6, 6.07) is 7.54. The normalized spacial score (nSPS) is 19.5. The second kappa shape index (κ2) is 7.06. The molecule has 1 aromatic rings. The lowest BCUT2D eigenvalue weighted by Crippen LogP contribution is -2.43. The summed E-state index contributed by atoms with van der Waals surface area (Å²) < 4.78 is 6.76. The summed E-state index contributed by atoms with van der Waals surface area (Å²) in [4.78, 5) is 14.3. The number of ether oxygens (including phenoxy) is 1. The van der Waals surface area contributed by atoms with Gasteiger partial charge in [-0.1, -0.05) is 22.9 Å². The molecular formula is C15H20BrNO2. The van der Waals surface area contributed by atoms with E-state index in [2.05, 4.69) is 22.9 Å². The Morgan fingerprint density at radius 2 is 2.16 bits per heavy atom. The van der Waals surface area contributed by atoms with Crippen molar-refractivity contribution in [3.8, 4) is 0 Å². The van der Waals surface area contributed by atoms with E-state index in [9.17, 15) is 4.79 Å². The van der Waals surface area contributed by atoms with Crippen LogP contribution in [-0.4, -0.2) is 36.6 Å². The average molecular weight is 326 g/mol. The van der Waals surface area contributed by atoms with E-state index in [-0.39, 0.29) is 12.0 Å². The molecule has 4 heteroatoms. The zero-order valence-corrected chi connectivity index (χ0v) is 12.9. The van der Waals surface area contributed by atoms with E-state index in [0.717, 1.165) is 49.0 Å². The van der Waals surface area contributed by atoms with Crippen molar-refractivity contribution in [2.75, 3.05) is 19.7 Å². The van der Waals surface area contributed by atoms with Crippen LogP contribution in [0.5, 0.6) is 0 Å². The molecule has 1 fully saturated rings. The van der Waals surface area contributed by atoms with Crippen LogP contribution in [0, 0.1) is 0 Å². The van der Waals surface area contributed by atoms with Gasteiger partial charge >= 0.3 is 0 Å². The monoisotopic (exact) mass is 325 g/mol. The predicted octanol–water partition coefficient (Wildman–Crippen LogP) is 3.48. The fourth-order valence-corrected chi connectivity index (χ4v) is 2.58. The van der Waals surface area contributed by atoms with Gasteiger partial charge in [0, 0.05) is 29.7 Å². The number of hydrogen-bond donors (Lipinski definition) is 0. The van der Waals surface area contributed by atoms with Gasteiger partial charge in [0.2, 0.25) is 0 Å². The summed E-state index contributed by atoms with van der Waals surface area (Å²) in [5.74, 6) is 0.109. The Hall–Kier alpha value is -0.870. The van der Waals surface area contributed by atoms with Gasteiger partial charge in [-0.3, -0.25) is 4.79 Å². The number of likely N-dealkylation sites (tertiary alicyclic amines) is 1. The zero-order chi connectivity index (χ0) is 13.7. The highest BCUT2D eigenvalue weighted by atomic mass is 79.9. The van der Waals surface area contributed by atoms with Crippen LogP contribution in [-0.2, 0) is 4.74 Å². The summed E-state index contributed by atoms with van der Waals surface area (Å²) in [6.45, 7) is 4.44. The molecule has 0 N–H and O–H groups in total. The third-order valence-corrected chi connectivity index (χ3v) is 3.84. The molecule has 1 unspecified atom stereocenters. The molecule has 0 radical (unpaired) electrons. The van der Waals surface area contributed by atoms with Gasteiger partial charge in [-0.25, -0.2) is 0 Å². The lowest BCUT2D eigenvalue weighted by atomic mass is 10.1. The number of rotatable bonds is 4. The quantitative estimate of drug-likeness (QED) is 0.848. The fraction of sp³-hybridized carbons (Fsp3) is 0.533. The minimum absolute atomic E-state index is 0.109. The van der Waals surface area contributed by atoms with Crippen LogP contribution in [0.4, 0.5) is 0 Å². The first kappa shape index (κ1) is 14.5. The average Bonchev–Trinajstić information content (AvgIpc) is 2.45. The molecule has 1 aromatic carbocycles. The third kappa shape index (κ3) is 4.05. The number of piperidine rings is 1. The second-order valence-electron chi connectivity index (χ2n) is 4.89. The lowest BCUT2D eigenvalue weighted by Gasteiger charge is -2.32. The molecule has 1 aliphatic rings. The Kier molecular flexibility index (Phi) is 5.40. The van der Waals surface area contributed by atoms with Crippen molar-refractivity contribution in [2.24, 2.45) is 0 Å². The van der Waals surface area contributed by atoms with Crippen LogP contribution in [0.2, 0.25) is 0 Å². The minimum atomic E-state index is 0.109. The molecule has 0 aromatic heterocycles. The topological polar surface area (TPSA) is 29.5 Å². The second-order valence-corrected chi connectivity index (χ2v) is 5.81. The van der Waals surface area contributed by atoms with Crippen molar-refractivity contribution in [1.82, 2.24) is 4.90 Å². The van der Waals surface area contributed by atoms with Crippen LogP contribution in [0.15, 0.2) is 28.7 Å². The van der Waals surface area contributed by atoms with E-state index in [1.807, 2.05) is 29.2 Å². The van der Waals surface area contributed by atoms with Crippen LogP contribution in [0.3, 0.4) is 0 Å². The van der Waals surface area contributed by atoms with Crippen molar-refractivity contribution in [1.29, 1.82) is 0 Å². The highest BCUT2D eigenvalue weighted by Gasteiger charge is 2.24. The summed E-state index contributed by atoms with van der Waals surface area (Å²) in [5, 5.41) is 0. The standard InChI is InChI=1S/C15H20BrNO2/c1-2-10-19-14-4-3-9-17(11-14)15(18)12-5-7-13(16)8-6-12/h5-8,14H,2-4,9-11H2,1H3. The Balaban J connectivity index is 1.96. The van der Waals surface area contributed by atoms with E-state index in [0.29, 0.717) is 0 Å². The van der Waals surface area contributed by atoms with Crippen molar-refractivity contribution >= 4 is 21.8 Å². The Morgan fingerprint density at radius 3 is 2.84 bits per heavy atom. The van der Waals surface area contributed by atoms with Gasteiger partial charge < -0.3 is 9.64 Å². The first-order valence-electron chi connectivity index (χ1n) is 6.87. The maximum absolute atomic E-state index is 12.4. The molecule has 3 nitrogen and oxygen atoms in total. The Bertz CT molecular complexity index is 419. The number of hydrogen-bond acceptors (Lipinski definition) is 2. The fourth-order valence-electron chi connectivity index (χ4n) is 2.32. The zero-order valence-electron chi connectivity index (χ0n) is 11.3. The van der Waals surface area contributed by atoms with Gasteiger partial charge in [0.05, 0.1) is 6.10 Å². The number of benzene rings is 1. The van der Waals surface area contributed by atoms with E-state index in [1.54, 1.807) is 0 Å². The number of carbonyl (C=O) groups is 1. The van der Waals surface area contributed by atoms with Crippen molar-refractivity contribution in [2.45, 2.75) is 32.3 Å². The van der Waals surface area contributed by atoms with E-state index in [1.165, 1.54) is 0 Å². The number of nitrogens with zero attached hydrogens (tertiary/aromatic N) is 1. The van der Waals surface area contributed by atoms with E-state index < -0.39 is 0 Å². The van der Waals surface area contributed by atoms with E-state index >= 15 is 0 Å². The van der Waals surface area contributed by atoms with Gasteiger partial charge in [0.25, 0.3) is 5.91 Å². The van der Waals surface area contributed by atoms with Crippen molar-refractivity contribution in [3.63, 3.8) is 0 Å². The smallest absolute Gasteiger partial charge is 0.253 e. The summed E-state index contributed by atoms with van der Waals surface area (Å²) in [6.07, 6.45) is 3.31. The van der Waals surface area contributed by atoms with Crippen LogP contribution >= 0.6 is 15.9 Å². The lowest BCUT2D eigenvalue weighted by molar-refractivity contribution is 0.00211. The van der Waals surface area contributed by atoms with Crippen LogP contribution < -0.4 is 0 Å². The summed E-state index contributed by atoms with van der Waals surface area (Å²) in [7, 11) is 0. The van der Waals surface area contributed by atoms with Gasteiger partial charge in [-0.2, -0.15) is 0 Å². The summed E-state index contributed by atoms with van der Waals surface area (Å²) >= 11 is 3.38. The molecule has 0 bridgehead atoms. The highest BCUT2D eigenvalue weighted by molar-refractivity contribution is 9.10. The van der Waals surface area contributed by atoms with E-state index in [4.69, 9.17) is 4.74 Å². The van der Waals surface area contributed by atoms with Crippen LogP contribution in [0.1, 0.15) is 36.5 Å². The maximum Gasteiger partial charge on any atom is 0.253 e. The molecule has 0 spiro atoms. The van der Waals surface area contributed by atoms with Gasteiger partial charge in [0.1, 0.15) is 0 Å². The van der Waals surface area contributed by atoms with Gasteiger partial charge in [0.15, 0.2) is 0 Å². The van der Waals surface area contributed by atoms with Crippen LogP contribution in [0.25, 0.3) is 0 Å². The molecule has 1 atom stereocenters. The van der Waals surface area contributed by atoms with Gasteiger partial charge in [-0.05, 0) is 43.5 Å². The maximum atomic E-state index is 12.4. The Labute approximate surface area is 123 Å². The SMILES string of the molecule is CCCOC1CCCN(C(=O)c2ccc(Br)cc2)C1. The molecule has 1 saturated heterocycles. The third-order valence-electron chi connectivity index (χ3n) is 3.31.